The van der Waals surface area contributed by atoms with Crippen molar-refractivity contribution >= 4 is 47.4 Å². The maximum absolute atomic E-state index is 12.5. The highest BCUT2D eigenvalue weighted by Crippen LogP contribution is 2.15. The Balaban J connectivity index is 0.00000300. The Morgan fingerprint density at radius 2 is 1.66 bits per heavy atom. The predicted molar refractivity (Wildman–Crippen MR) is 130 cm³/mol. The molecule has 1 heterocycles. The second-order valence-corrected chi connectivity index (χ2v) is 7.33. The standard InChI is InChI=1S/C22H27ClN4O.HI/c1-24-22(26-16-19-7-3-4-8-20(19)23)25-15-17-9-11-18(12-10-17)21(28)27-13-5-2-6-14-27;/h3-4,7-12H,2,5-6,13-16H2,1H3,(H2,24,25,26);1H. The molecule has 1 aliphatic rings. The Labute approximate surface area is 194 Å². The van der Waals surface area contributed by atoms with Gasteiger partial charge in [-0.3, -0.25) is 9.79 Å². The van der Waals surface area contributed by atoms with E-state index in [1.165, 1.54) is 6.42 Å². The minimum Gasteiger partial charge on any atom is -0.352 e. The average molecular weight is 527 g/mol. The molecule has 1 aliphatic heterocycles. The van der Waals surface area contributed by atoms with Crippen LogP contribution < -0.4 is 10.6 Å². The van der Waals surface area contributed by atoms with E-state index in [-0.39, 0.29) is 29.9 Å². The van der Waals surface area contributed by atoms with Gasteiger partial charge in [0.15, 0.2) is 5.96 Å². The number of benzene rings is 2. The second-order valence-electron chi connectivity index (χ2n) is 6.92. The quantitative estimate of drug-likeness (QED) is 0.344. The van der Waals surface area contributed by atoms with E-state index in [0.29, 0.717) is 19.0 Å². The molecule has 29 heavy (non-hydrogen) atoms. The molecule has 0 spiro atoms. The molecule has 2 aromatic rings. The number of guanidine groups is 1. The predicted octanol–water partition coefficient (Wildman–Crippen LogP) is 4.45. The highest BCUT2D eigenvalue weighted by molar-refractivity contribution is 14.0. The van der Waals surface area contributed by atoms with Gasteiger partial charge < -0.3 is 15.5 Å². The normalized spacial score (nSPS) is 14.1. The first kappa shape index (κ1) is 23.5. The lowest BCUT2D eigenvalue weighted by Crippen LogP contribution is -2.36. The van der Waals surface area contributed by atoms with E-state index < -0.39 is 0 Å². The topological polar surface area (TPSA) is 56.7 Å². The third-order valence-corrected chi connectivity index (χ3v) is 5.30. The number of rotatable bonds is 5. The summed E-state index contributed by atoms with van der Waals surface area (Å²) < 4.78 is 0. The largest absolute Gasteiger partial charge is 0.352 e. The highest BCUT2D eigenvalue weighted by Gasteiger charge is 2.17. The molecule has 5 nitrogen and oxygen atoms in total. The van der Waals surface area contributed by atoms with Crippen LogP contribution in [0.4, 0.5) is 0 Å². The number of hydrogen-bond donors (Lipinski definition) is 2. The summed E-state index contributed by atoms with van der Waals surface area (Å²) in [6.45, 7) is 2.97. The van der Waals surface area contributed by atoms with Gasteiger partial charge in [0.2, 0.25) is 0 Å². The first-order chi connectivity index (χ1) is 13.7. The molecule has 0 radical (unpaired) electrons. The van der Waals surface area contributed by atoms with Crippen LogP contribution in [0.1, 0.15) is 40.7 Å². The van der Waals surface area contributed by atoms with Crippen molar-refractivity contribution in [3.05, 3.63) is 70.2 Å². The van der Waals surface area contributed by atoms with Gasteiger partial charge in [-0.15, -0.1) is 24.0 Å². The number of nitrogens with zero attached hydrogens (tertiary/aromatic N) is 2. The zero-order valence-electron chi connectivity index (χ0n) is 16.7. The van der Waals surface area contributed by atoms with Crippen LogP contribution in [0, 0.1) is 0 Å². The fraction of sp³-hybridized carbons (Fsp3) is 0.364. The van der Waals surface area contributed by atoms with Gasteiger partial charge in [-0.1, -0.05) is 41.9 Å². The molecule has 0 bridgehead atoms. The van der Waals surface area contributed by atoms with Crippen molar-refractivity contribution in [3.8, 4) is 0 Å². The molecule has 0 atom stereocenters. The van der Waals surface area contributed by atoms with E-state index in [1.807, 2.05) is 53.4 Å². The molecule has 156 valence electrons. The number of likely N-dealkylation sites (tertiary alicyclic amines) is 1. The molecule has 0 saturated carbocycles. The zero-order valence-corrected chi connectivity index (χ0v) is 19.7. The van der Waals surface area contributed by atoms with Crippen molar-refractivity contribution in [2.24, 2.45) is 4.99 Å². The summed E-state index contributed by atoms with van der Waals surface area (Å²) in [6.07, 6.45) is 3.43. The molecular weight excluding hydrogens is 499 g/mol. The van der Waals surface area contributed by atoms with Crippen LogP contribution in [0.2, 0.25) is 5.02 Å². The molecule has 0 aromatic heterocycles. The molecule has 1 amide bonds. The SMILES string of the molecule is CN=C(NCc1ccc(C(=O)N2CCCCC2)cc1)NCc1ccccc1Cl.I. The lowest BCUT2D eigenvalue weighted by atomic mass is 10.1. The number of amides is 1. The van der Waals surface area contributed by atoms with Gasteiger partial charge >= 0.3 is 0 Å². The molecule has 0 aliphatic carbocycles. The Hall–Kier alpha value is -1.80. The number of carbonyl (C=O) groups is 1. The van der Waals surface area contributed by atoms with Gasteiger partial charge in [0.25, 0.3) is 5.91 Å². The number of halogens is 2. The van der Waals surface area contributed by atoms with Crippen molar-refractivity contribution in [2.75, 3.05) is 20.1 Å². The van der Waals surface area contributed by atoms with Crippen molar-refractivity contribution < 1.29 is 4.79 Å². The second kappa shape index (κ2) is 12.0. The fourth-order valence-corrected chi connectivity index (χ4v) is 3.47. The third-order valence-electron chi connectivity index (χ3n) is 4.93. The molecule has 0 unspecified atom stereocenters. The summed E-state index contributed by atoms with van der Waals surface area (Å²) in [6, 6.07) is 15.5. The Morgan fingerprint density at radius 1 is 1.00 bits per heavy atom. The van der Waals surface area contributed by atoms with E-state index >= 15 is 0 Å². The number of piperidine rings is 1. The molecule has 2 aromatic carbocycles. The van der Waals surface area contributed by atoms with Crippen LogP contribution in [0.15, 0.2) is 53.5 Å². The van der Waals surface area contributed by atoms with Crippen LogP contribution >= 0.6 is 35.6 Å². The number of aliphatic imine (C=N–C) groups is 1. The molecule has 1 fully saturated rings. The maximum atomic E-state index is 12.5. The summed E-state index contributed by atoms with van der Waals surface area (Å²) in [7, 11) is 1.74. The van der Waals surface area contributed by atoms with Crippen LogP contribution in [-0.4, -0.2) is 36.9 Å². The maximum Gasteiger partial charge on any atom is 0.253 e. The van der Waals surface area contributed by atoms with Crippen molar-refractivity contribution in [1.29, 1.82) is 0 Å². The zero-order chi connectivity index (χ0) is 19.8. The molecular formula is C22H28ClIN4O. The summed E-state index contributed by atoms with van der Waals surface area (Å²) in [4.78, 5) is 18.7. The van der Waals surface area contributed by atoms with Crippen molar-refractivity contribution in [1.82, 2.24) is 15.5 Å². The monoisotopic (exact) mass is 526 g/mol. The lowest BCUT2D eigenvalue weighted by molar-refractivity contribution is 0.0724. The highest BCUT2D eigenvalue weighted by atomic mass is 127. The Bertz CT molecular complexity index is 820. The van der Waals surface area contributed by atoms with E-state index in [0.717, 1.165) is 47.6 Å². The molecule has 1 saturated heterocycles. The fourth-order valence-electron chi connectivity index (χ4n) is 3.27. The van der Waals surface area contributed by atoms with E-state index in [9.17, 15) is 4.79 Å². The summed E-state index contributed by atoms with van der Waals surface area (Å²) in [5, 5.41) is 7.29. The summed E-state index contributed by atoms with van der Waals surface area (Å²) in [5.41, 5.74) is 2.87. The minimum atomic E-state index is 0. The van der Waals surface area contributed by atoms with Gasteiger partial charge in [0.1, 0.15) is 0 Å². The number of nitrogens with one attached hydrogen (secondary N) is 2. The number of carbonyl (C=O) groups excluding carboxylic acids is 1. The molecule has 2 N–H and O–H groups in total. The Kier molecular flexibility index (Phi) is 9.73. The third kappa shape index (κ3) is 6.89. The van der Waals surface area contributed by atoms with Crippen molar-refractivity contribution in [2.45, 2.75) is 32.4 Å². The van der Waals surface area contributed by atoms with Crippen LogP contribution in [0.3, 0.4) is 0 Å². The van der Waals surface area contributed by atoms with Gasteiger partial charge in [-0.25, -0.2) is 0 Å². The average Bonchev–Trinajstić information content (AvgIpc) is 2.75. The van der Waals surface area contributed by atoms with Gasteiger partial charge in [0.05, 0.1) is 0 Å². The van der Waals surface area contributed by atoms with E-state index in [2.05, 4.69) is 15.6 Å². The van der Waals surface area contributed by atoms with E-state index in [1.54, 1.807) is 7.05 Å². The Morgan fingerprint density at radius 3 is 2.31 bits per heavy atom. The van der Waals surface area contributed by atoms with Gasteiger partial charge in [0, 0.05) is 43.8 Å². The van der Waals surface area contributed by atoms with E-state index in [4.69, 9.17) is 11.6 Å². The van der Waals surface area contributed by atoms with Crippen LogP contribution in [0.5, 0.6) is 0 Å². The van der Waals surface area contributed by atoms with Crippen LogP contribution in [-0.2, 0) is 13.1 Å². The first-order valence-electron chi connectivity index (χ1n) is 9.73. The lowest BCUT2D eigenvalue weighted by Gasteiger charge is -2.26. The van der Waals surface area contributed by atoms with Gasteiger partial charge in [-0.05, 0) is 48.6 Å². The summed E-state index contributed by atoms with van der Waals surface area (Å²) >= 11 is 6.19. The van der Waals surface area contributed by atoms with Crippen LogP contribution in [0.25, 0.3) is 0 Å². The summed E-state index contributed by atoms with van der Waals surface area (Å²) in [5.74, 6) is 0.838. The van der Waals surface area contributed by atoms with Crippen molar-refractivity contribution in [3.63, 3.8) is 0 Å². The molecule has 3 rings (SSSR count). The molecule has 7 heteroatoms. The number of hydrogen-bond acceptors (Lipinski definition) is 2. The first-order valence-corrected chi connectivity index (χ1v) is 10.1. The smallest absolute Gasteiger partial charge is 0.253 e. The minimum absolute atomic E-state index is 0. The van der Waals surface area contributed by atoms with Gasteiger partial charge in [-0.2, -0.15) is 0 Å².